The summed E-state index contributed by atoms with van der Waals surface area (Å²) in [5.74, 6) is 0.483. The van der Waals surface area contributed by atoms with Crippen molar-refractivity contribution in [3.05, 3.63) is 35.6 Å². The summed E-state index contributed by atoms with van der Waals surface area (Å²) in [5, 5.41) is 0.984. The Morgan fingerprint density at radius 3 is 2.89 bits per heavy atom. The fourth-order valence-electron chi connectivity index (χ4n) is 1.92. The molecule has 0 amide bonds. The maximum absolute atomic E-state index is 12.0. The summed E-state index contributed by atoms with van der Waals surface area (Å²) >= 11 is 0. The smallest absolute Gasteiger partial charge is 0.198 e. The monoisotopic (exact) mass is 246 g/mol. The highest BCUT2D eigenvalue weighted by atomic mass is 16.5. The number of methoxy groups -OCH3 is 1. The Morgan fingerprint density at radius 2 is 2.22 bits per heavy atom. The SMILES string of the molecule is COC(C)CCC(=O)c1cc2cccc(C)c2o1. The Hall–Kier alpha value is -1.61. The van der Waals surface area contributed by atoms with Gasteiger partial charge in [0.25, 0.3) is 0 Å². The van der Waals surface area contributed by atoms with Gasteiger partial charge in [-0.15, -0.1) is 0 Å². The van der Waals surface area contributed by atoms with Crippen molar-refractivity contribution in [3.8, 4) is 0 Å². The molecule has 3 heteroatoms. The molecular formula is C15H18O3. The molecule has 0 saturated heterocycles. The number of carbonyl (C=O) groups is 1. The van der Waals surface area contributed by atoms with E-state index in [0.717, 1.165) is 16.5 Å². The van der Waals surface area contributed by atoms with Crippen LogP contribution in [-0.2, 0) is 4.74 Å². The molecule has 18 heavy (non-hydrogen) atoms. The van der Waals surface area contributed by atoms with Crippen molar-refractivity contribution in [1.82, 2.24) is 0 Å². The lowest BCUT2D eigenvalue weighted by atomic mass is 10.1. The van der Waals surface area contributed by atoms with Crippen LogP contribution in [0.5, 0.6) is 0 Å². The van der Waals surface area contributed by atoms with Gasteiger partial charge in [0, 0.05) is 18.9 Å². The Bertz CT molecular complexity index is 554. The standard InChI is InChI=1S/C15H18O3/c1-10-5-4-6-12-9-14(18-15(10)12)13(16)8-7-11(2)17-3/h4-6,9,11H,7-8H2,1-3H3. The van der Waals surface area contributed by atoms with E-state index in [9.17, 15) is 4.79 Å². The number of hydrogen-bond donors (Lipinski definition) is 0. The van der Waals surface area contributed by atoms with E-state index in [1.54, 1.807) is 7.11 Å². The summed E-state index contributed by atoms with van der Waals surface area (Å²) in [5.41, 5.74) is 1.86. The van der Waals surface area contributed by atoms with E-state index in [1.165, 1.54) is 0 Å². The predicted octanol–water partition coefficient (Wildman–Crippen LogP) is 3.74. The van der Waals surface area contributed by atoms with Crippen LogP contribution < -0.4 is 0 Å². The van der Waals surface area contributed by atoms with Crippen LogP contribution in [0.1, 0.15) is 35.9 Å². The summed E-state index contributed by atoms with van der Waals surface area (Å²) in [6, 6.07) is 7.73. The van der Waals surface area contributed by atoms with Gasteiger partial charge in [-0.25, -0.2) is 0 Å². The molecule has 0 fully saturated rings. The Morgan fingerprint density at radius 1 is 1.44 bits per heavy atom. The van der Waals surface area contributed by atoms with Crippen LogP contribution in [0.4, 0.5) is 0 Å². The van der Waals surface area contributed by atoms with E-state index in [2.05, 4.69) is 0 Å². The van der Waals surface area contributed by atoms with Crippen molar-refractivity contribution < 1.29 is 13.9 Å². The molecule has 2 rings (SSSR count). The van der Waals surface area contributed by atoms with Gasteiger partial charge < -0.3 is 9.15 Å². The van der Waals surface area contributed by atoms with Crippen molar-refractivity contribution in [2.24, 2.45) is 0 Å². The van der Waals surface area contributed by atoms with Crippen LogP contribution in [0.2, 0.25) is 0 Å². The van der Waals surface area contributed by atoms with Gasteiger partial charge in [0.1, 0.15) is 5.58 Å². The fourth-order valence-corrected chi connectivity index (χ4v) is 1.92. The third kappa shape index (κ3) is 2.62. The summed E-state index contributed by atoms with van der Waals surface area (Å²) < 4.78 is 10.8. The molecule has 0 spiro atoms. The van der Waals surface area contributed by atoms with Gasteiger partial charge in [-0.2, -0.15) is 0 Å². The first-order valence-electron chi connectivity index (χ1n) is 6.17. The van der Waals surface area contributed by atoms with E-state index in [0.29, 0.717) is 18.6 Å². The number of rotatable bonds is 5. The molecule has 0 N–H and O–H groups in total. The van der Waals surface area contributed by atoms with Crippen LogP contribution in [0.15, 0.2) is 28.7 Å². The number of benzene rings is 1. The molecule has 96 valence electrons. The maximum atomic E-state index is 12.0. The zero-order valence-corrected chi connectivity index (χ0v) is 11.0. The number of para-hydroxylation sites is 1. The second-order valence-electron chi connectivity index (χ2n) is 4.61. The number of ether oxygens (including phenoxy) is 1. The third-order valence-corrected chi connectivity index (χ3v) is 3.20. The molecule has 1 unspecified atom stereocenters. The van der Waals surface area contributed by atoms with Crippen LogP contribution >= 0.6 is 0 Å². The van der Waals surface area contributed by atoms with Crippen molar-refractivity contribution >= 4 is 16.8 Å². The molecular weight excluding hydrogens is 228 g/mol. The molecule has 0 aliphatic rings. The lowest BCUT2D eigenvalue weighted by Gasteiger charge is -2.06. The van der Waals surface area contributed by atoms with E-state index in [1.807, 2.05) is 38.1 Å². The highest BCUT2D eigenvalue weighted by molar-refractivity contribution is 5.98. The number of fused-ring (bicyclic) bond motifs is 1. The number of hydrogen-bond acceptors (Lipinski definition) is 3. The van der Waals surface area contributed by atoms with Crippen molar-refractivity contribution in [3.63, 3.8) is 0 Å². The van der Waals surface area contributed by atoms with E-state index in [-0.39, 0.29) is 11.9 Å². The summed E-state index contributed by atoms with van der Waals surface area (Å²) in [6.07, 6.45) is 1.26. The molecule has 0 bridgehead atoms. The number of carbonyl (C=O) groups excluding carboxylic acids is 1. The second-order valence-corrected chi connectivity index (χ2v) is 4.61. The van der Waals surface area contributed by atoms with E-state index < -0.39 is 0 Å². The minimum atomic E-state index is 0.0366. The van der Waals surface area contributed by atoms with Gasteiger partial charge in [0.05, 0.1) is 6.10 Å². The van der Waals surface area contributed by atoms with Gasteiger partial charge in [-0.05, 0) is 31.9 Å². The zero-order valence-electron chi connectivity index (χ0n) is 11.0. The first kappa shape index (κ1) is 12.8. The molecule has 0 aliphatic heterocycles. The van der Waals surface area contributed by atoms with Gasteiger partial charge in [-0.1, -0.05) is 18.2 Å². The normalized spacial score (nSPS) is 12.8. The summed E-state index contributed by atoms with van der Waals surface area (Å²) in [7, 11) is 1.65. The van der Waals surface area contributed by atoms with E-state index in [4.69, 9.17) is 9.15 Å². The van der Waals surface area contributed by atoms with Gasteiger partial charge in [-0.3, -0.25) is 4.79 Å². The number of Topliss-reactive ketones (excluding diaryl/α,β-unsaturated/α-hetero) is 1. The highest BCUT2D eigenvalue weighted by Gasteiger charge is 2.14. The zero-order chi connectivity index (χ0) is 13.1. The maximum Gasteiger partial charge on any atom is 0.198 e. The molecule has 1 aromatic carbocycles. The molecule has 1 aromatic heterocycles. The van der Waals surface area contributed by atoms with Crippen molar-refractivity contribution in [2.75, 3.05) is 7.11 Å². The first-order chi connectivity index (χ1) is 8.61. The Labute approximate surface area is 107 Å². The van der Waals surface area contributed by atoms with Crippen LogP contribution in [0.25, 0.3) is 11.0 Å². The van der Waals surface area contributed by atoms with Gasteiger partial charge in [0.15, 0.2) is 11.5 Å². The summed E-state index contributed by atoms with van der Waals surface area (Å²) in [4.78, 5) is 12.0. The number of aryl methyl sites for hydroxylation is 1. The highest BCUT2D eigenvalue weighted by Crippen LogP contribution is 2.23. The third-order valence-electron chi connectivity index (χ3n) is 3.20. The van der Waals surface area contributed by atoms with Crippen LogP contribution in [0.3, 0.4) is 0 Å². The number of furan rings is 1. The topological polar surface area (TPSA) is 39.4 Å². The van der Waals surface area contributed by atoms with Gasteiger partial charge in [0.2, 0.25) is 0 Å². The van der Waals surface area contributed by atoms with Crippen LogP contribution in [0, 0.1) is 6.92 Å². The molecule has 0 aliphatic carbocycles. The predicted molar refractivity (Wildman–Crippen MR) is 71.0 cm³/mol. The molecule has 2 aromatic rings. The van der Waals surface area contributed by atoms with Crippen LogP contribution in [-0.4, -0.2) is 19.0 Å². The first-order valence-corrected chi connectivity index (χ1v) is 6.17. The minimum absolute atomic E-state index is 0.0366. The molecule has 1 atom stereocenters. The van der Waals surface area contributed by atoms with Crippen molar-refractivity contribution in [2.45, 2.75) is 32.8 Å². The quantitative estimate of drug-likeness (QED) is 0.754. The van der Waals surface area contributed by atoms with E-state index >= 15 is 0 Å². The number of ketones is 1. The molecule has 0 saturated carbocycles. The minimum Gasteiger partial charge on any atom is -0.453 e. The average molecular weight is 246 g/mol. The van der Waals surface area contributed by atoms with Gasteiger partial charge >= 0.3 is 0 Å². The molecule has 1 heterocycles. The lowest BCUT2D eigenvalue weighted by Crippen LogP contribution is -2.08. The van der Waals surface area contributed by atoms with Crippen molar-refractivity contribution in [1.29, 1.82) is 0 Å². The summed E-state index contributed by atoms with van der Waals surface area (Å²) in [6.45, 7) is 3.93. The Balaban J connectivity index is 2.16. The second kappa shape index (κ2) is 5.36. The lowest BCUT2D eigenvalue weighted by molar-refractivity contribution is 0.0858. The Kier molecular flexibility index (Phi) is 3.82. The molecule has 0 radical (unpaired) electrons. The largest absolute Gasteiger partial charge is 0.453 e. The molecule has 3 nitrogen and oxygen atoms in total. The average Bonchev–Trinajstić information content (AvgIpc) is 2.81. The fraction of sp³-hybridized carbons (Fsp3) is 0.400.